The number of rotatable bonds is 5. The molecule has 0 aromatic heterocycles. The zero-order chi connectivity index (χ0) is 23.0. The molecule has 0 spiro atoms. The standard InChI is InChI=1S/C26H32N2O4S/c1-32-23-8-3-7-22(17-23)25-9-4-14-28(25)26(29)20-12-15-27(16-13-20)33(30,31)24-11-10-19-5-2-6-21(19)18-24/h3,7-8,10-11,17-18,20,25H,2,4-6,9,12-16H2,1H3. The number of amides is 1. The molecule has 0 saturated carbocycles. The van der Waals surface area contributed by atoms with Gasteiger partial charge in [0.1, 0.15) is 5.75 Å². The molecule has 6 nitrogen and oxygen atoms in total. The summed E-state index contributed by atoms with van der Waals surface area (Å²) < 4.78 is 33.4. The average Bonchev–Trinajstić information content (AvgIpc) is 3.53. The van der Waals surface area contributed by atoms with Crippen LogP contribution in [0, 0.1) is 5.92 Å². The van der Waals surface area contributed by atoms with E-state index in [1.165, 1.54) is 11.1 Å². The summed E-state index contributed by atoms with van der Waals surface area (Å²) in [6.07, 6.45) is 6.17. The van der Waals surface area contributed by atoms with Crippen molar-refractivity contribution in [3.8, 4) is 5.75 Å². The monoisotopic (exact) mass is 468 g/mol. The predicted octanol–water partition coefficient (Wildman–Crippen LogP) is 3.95. The van der Waals surface area contributed by atoms with E-state index >= 15 is 0 Å². The normalized spacial score (nSPS) is 21.8. The highest BCUT2D eigenvalue weighted by Crippen LogP contribution is 2.36. The number of hydrogen-bond acceptors (Lipinski definition) is 4. The van der Waals surface area contributed by atoms with Crippen molar-refractivity contribution in [2.45, 2.75) is 55.9 Å². The fraction of sp³-hybridized carbons (Fsp3) is 0.500. The van der Waals surface area contributed by atoms with Gasteiger partial charge >= 0.3 is 0 Å². The quantitative estimate of drug-likeness (QED) is 0.667. The Bertz CT molecular complexity index is 1140. The van der Waals surface area contributed by atoms with Gasteiger partial charge in [0.15, 0.2) is 0 Å². The van der Waals surface area contributed by atoms with Crippen molar-refractivity contribution < 1.29 is 17.9 Å². The number of carbonyl (C=O) groups excluding carboxylic acids is 1. The zero-order valence-corrected chi connectivity index (χ0v) is 20.0. The molecule has 0 radical (unpaired) electrons. The molecule has 0 N–H and O–H groups in total. The Morgan fingerprint density at radius 1 is 0.939 bits per heavy atom. The molecule has 2 aliphatic heterocycles. The molecule has 0 bridgehead atoms. The Balaban J connectivity index is 1.25. The number of nitrogens with zero attached hydrogens (tertiary/aromatic N) is 2. The lowest BCUT2D eigenvalue weighted by atomic mass is 9.95. The first-order valence-corrected chi connectivity index (χ1v) is 13.5. The summed E-state index contributed by atoms with van der Waals surface area (Å²) in [6.45, 7) is 1.55. The summed E-state index contributed by atoms with van der Waals surface area (Å²) >= 11 is 0. The summed E-state index contributed by atoms with van der Waals surface area (Å²) in [6, 6.07) is 13.6. The van der Waals surface area contributed by atoms with Gasteiger partial charge < -0.3 is 9.64 Å². The molecule has 2 saturated heterocycles. The number of hydrogen-bond donors (Lipinski definition) is 0. The lowest BCUT2D eigenvalue weighted by Crippen LogP contribution is -2.44. The van der Waals surface area contributed by atoms with Gasteiger partial charge in [-0.25, -0.2) is 8.42 Å². The Morgan fingerprint density at radius 3 is 2.52 bits per heavy atom. The summed E-state index contributed by atoms with van der Waals surface area (Å²) in [5.74, 6) is 0.842. The SMILES string of the molecule is COc1cccc(C2CCCN2C(=O)C2CCN(S(=O)(=O)c3ccc4c(c3)CCC4)CC2)c1. The average molecular weight is 469 g/mol. The van der Waals surface area contributed by atoms with Crippen molar-refractivity contribution in [1.82, 2.24) is 9.21 Å². The molecule has 2 heterocycles. The van der Waals surface area contributed by atoms with Gasteiger partial charge in [-0.1, -0.05) is 18.2 Å². The lowest BCUT2D eigenvalue weighted by molar-refractivity contribution is -0.137. The van der Waals surface area contributed by atoms with Gasteiger partial charge in [0.25, 0.3) is 0 Å². The van der Waals surface area contributed by atoms with Crippen LogP contribution in [0.1, 0.15) is 54.8 Å². The number of methoxy groups -OCH3 is 1. The minimum Gasteiger partial charge on any atom is -0.497 e. The molecule has 2 aromatic carbocycles. The second-order valence-electron chi connectivity index (χ2n) is 9.43. The van der Waals surface area contributed by atoms with Crippen molar-refractivity contribution in [2.75, 3.05) is 26.7 Å². The van der Waals surface area contributed by atoms with Gasteiger partial charge in [0.2, 0.25) is 15.9 Å². The molecule has 1 aliphatic carbocycles. The van der Waals surface area contributed by atoms with Crippen LogP contribution in [-0.2, 0) is 27.7 Å². The van der Waals surface area contributed by atoms with Gasteiger partial charge in [-0.3, -0.25) is 4.79 Å². The molecule has 1 atom stereocenters. The van der Waals surface area contributed by atoms with Crippen molar-refractivity contribution in [3.63, 3.8) is 0 Å². The van der Waals surface area contributed by atoms with Crippen molar-refractivity contribution >= 4 is 15.9 Å². The van der Waals surface area contributed by atoms with Crippen LogP contribution in [0.2, 0.25) is 0 Å². The van der Waals surface area contributed by atoms with Crippen LogP contribution in [-0.4, -0.2) is 50.3 Å². The minimum atomic E-state index is -3.52. The van der Waals surface area contributed by atoms with E-state index in [4.69, 9.17) is 4.74 Å². The Labute approximate surface area is 196 Å². The third kappa shape index (κ3) is 4.28. The highest BCUT2D eigenvalue weighted by atomic mass is 32.2. The maximum absolute atomic E-state index is 13.4. The highest BCUT2D eigenvalue weighted by Gasteiger charge is 2.38. The fourth-order valence-electron chi connectivity index (χ4n) is 5.66. The molecular weight excluding hydrogens is 436 g/mol. The Morgan fingerprint density at radius 2 is 1.73 bits per heavy atom. The summed E-state index contributed by atoms with van der Waals surface area (Å²) in [5.41, 5.74) is 3.55. The highest BCUT2D eigenvalue weighted by molar-refractivity contribution is 7.89. The topological polar surface area (TPSA) is 66.9 Å². The first-order valence-electron chi connectivity index (χ1n) is 12.0. The molecule has 2 aromatic rings. The van der Waals surface area contributed by atoms with Gasteiger partial charge in [0.05, 0.1) is 18.0 Å². The number of likely N-dealkylation sites (tertiary alicyclic amines) is 1. The van der Waals surface area contributed by atoms with Crippen molar-refractivity contribution in [3.05, 3.63) is 59.2 Å². The van der Waals surface area contributed by atoms with E-state index in [-0.39, 0.29) is 17.9 Å². The number of ether oxygens (including phenoxy) is 1. The largest absolute Gasteiger partial charge is 0.497 e. The van der Waals surface area contributed by atoms with Gasteiger partial charge in [-0.15, -0.1) is 0 Å². The number of fused-ring (bicyclic) bond motifs is 1. The molecular formula is C26H32N2O4S. The number of piperidine rings is 1. The van der Waals surface area contributed by atoms with Gasteiger partial charge in [-0.05, 0) is 85.9 Å². The molecule has 1 amide bonds. The number of aryl methyl sites for hydroxylation is 2. The van der Waals surface area contributed by atoms with Crippen LogP contribution in [0.25, 0.3) is 0 Å². The molecule has 33 heavy (non-hydrogen) atoms. The first-order chi connectivity index (χ1) is 16.0. The predicted molar refractivity (Wildman–Crippen MR) is 127 cm³/mol. The van der Waals surface area contributed by atoms with Crippen LogP contribution in [0.4, 0.5) is 0 Å². The van der Waals surface area contributed by atoms with E-state index < -0.39 is 10.0 Å². The maximum atomic E-state index is 13.4. The molecule has 1 unspecified atom stereocenters. The lowest BCUT2D eigenvalue weighted by Gasteiger charge is -2.34. The van der Waals surface area contributed by atoms with Crippen LogP contribution in [0.5, 0.6) is 5.75 Å². The Kier molecular flexibility index (Phi) is 6.18. The van der Waals surface area contributed by atoms with Crippen molar-refractivity contribution in [2.24, 2.45) is 5.92 Å². The van der Waals surface area contributed by atoms with Crippen LogP contribution in [0.3, 0.4) is 0 Å². The van der Waals surface area contributed by atoms with Gasteiger partial charge in [-0.2, -0.15) is 4.31 Å². The fourth-order valence-corrected chi connectivity index (χ4v) is 7.18. The second-order valence-corrected chi connectivity index (χ2v) is 11.4. The summed E-state index contributed by atoms with van der Waals surface area (Å²) in [5, 5.41) is 0. The van der Waals surface area contributed by atoms with E-state index in [1.54, 1.807) is 17.5 Å². The molecule has 176 valence electrons. The number of benzene rings is 2. The van der Waals surface area contributed by atoms with Gasteiger partial charge in [0, 0.05) is 25.6 Å². The molecule has 5 rings (SSSR count). The molecule has 3 aliphatic rings. The Hall–Kier alpha value is -2.38. The minimum absolute atomic E-state index is 0.0702. The zero-order valence-electron chi connectivity index (χ0n) is 19.2. The van der Waals surface area contributed by atoms with Crippen molar-refractivity contribution in [1.29, 1.82) is 0 Å². The van der Waals surface area contributed by atoms with E-state index in [1.807, 2.05) is 35.2 Å². The molecule has 2 fully saturated rings. The van der Waals surface area contributed by atoms with E-state index in [0.29, 0.717) is 30.8 Å². The first kappa shape index (κ1) is 22.4. The summed E-state index contributed by atoms with van der Waals surface area (Å²) in [7, 11) is -1.86. The summed E-state index contributed by atoms with van der Waals surface area (Å²) in [4.78, 5) is 15.8. The van der Waals surface area contributed by atoms with E-state index in [9.17, 15) is 13.2 Å². The van der Waals surface area contributed by atoms with Crippen LogP contribution >= 0.6 is 0 Å². The van der Waals surface area contributed by atoms with Crippen LogP contribution in [0.15, 0.2) is 47.4 Å². The second kappa shape index (κ2) is 9.11. The third-order valence-corrected chi connectivity index (χ3v) is 9.42. The number of carbonyl (C=O) groups is 1. The number of sulfonamides is 1. The smallest absolute Gasteiger partial charge is 0.243 e. The van der Waals surface area contributed by atoms with Crippen LogP contribution < -0.4 is 4.74 Å². The third-order valence-electron chi connectivity index (χ3n) is 7.53. The van der Waals surface area contributed by atoms with E-state index in [0.717, 1.165) is 50.0 Å². The van der Waals surface area contributed by atoms with E-state index in [2.05, 4.69) is 6.07 Å². The maximum Gasteiger partial charge on any atom is 0.243 e. The molecule has 7 heteroatoms.